The molecule has 2 rings (SSSR count). The van der Waals surface area contributed by atoms with Crippen molar-refractivity contribution in [2.45, 2.75) is 20.3 Å². The molecule has 0 bridgehead atoms. The Hall–Kier alpha value is -1.75. The van der Waals surface area contributed by atoms with E-state index in [1.165, 1.54) is 0 Å². The maximum Gasteiger partial charge on any atom is 0.183 e. The quantitative estimate of drug-likeness (QED) is 0.875. The first-order chi connectivity index (χ1) is 9.71. The Kier molecular flexibility index (Phi) is 4.84. The van der Waals surface area contributed by atoms with Gasteiger partial charge in [-0.2, -0.15) is 0 Å². The lowest BCUT2D eigenvalue weighted by Gasteiger charge is -2.13. The SMILES string of the molecule is CCCOc1cccc(-c2sc(NC)nc2C)c1OC. The Balaban J connectivity index is 2.47. The van der Waals surface area contributed by atoms with E-state index in [1.807, 2.05) is 32.2 Å². The van der Waals surface area contributed by atoms with E-state index in [9.17, 15) is 0 Å². The Bertz CT molecular complexity index is 581. The molecule has 0 atom stereocenters. The molecule has 4 nitrogen and oxygen atoms in total. The van der Waals surface area contributed by atoms with E-state index in [2.05, 4.69) is 17.2 Å². The van der Waals surface area contributed by atoms with Gasteiger partial charge in [-0.1, -0.05) is 24.3 Å². The number of aromatic nitrogens is 1. The molecule has 0 radical (unpaired) electrons. The molecule has 20 heavy (non-hydrogen) atoms. The number of aryl methyl sites for hydroxylation is 1. The molecule has 0 saturated carbocycles. The minimum absolute atomic E-state index is 0.684. The third-order valence-electron chi connectivity index (χ3n) is 2.90. The van der Waals surface area contributed by atoms with Gasteiger partial charge in [-0.15, -0.1) is 0 Å². The summed E-state index contributed by atoms with van der Waals surface area (Å²) in [6.07, 6.45) is 0.969. The Labute approximate surface area is 123 Å². The number of hydrogen-bond acceptors (Lipinski definition) is 5. The number of thiazole rings is 1. The lowest BCUT2D eigenvalue weighted by Crippen LogP contribution is -1.98. The number of para-hydroxylation sites is 1. The normalized spacial score (nSPS) is 10.4. The van der Waals surface area contributed by atoms with E-state index in [0.29, 0.717) is 6.61 Å². The highest BCUT2D eigenvalue weighted by Gasteiger charge is 2.17. The van der Waals surface area contributed by atoms with Gasteiger partial charge in [0.2, 0.25) is 0 Å². The van der Waals surface area contributed by atoms with Crippen LogP contribution in [0.5, 0.6) is 11.5 Å². The van der Waals surface area contributed by atoms with E-state index < -0.39 is 0 Å². The van der Waals surface area contributed by atoms with Crippen molar-refractivity contribution in [3.63, 3.8) is 0 Å². The van der Waals surface area contributed by atoms with Gasteiger partial charge in [0.1, 0.15) is 0 Å². The fraction of sp³-hybridized carbons (Fsp3) is 0.400. The van der Waals surface area contributed by atoms with Crippen molar-refractivity contribution in [2.75, 3.05) is 26.1 Å². The van der Waals surface area contributed by atoms with E-state index in [4.69, 9.17) is 9.47 Å². The molecule has 2 aromatic rings. The molecule has 108 valence electrons. The molecular weight excluding hydrogens is 272 g/mol. The second-order valence-corrected chi connectivity index (χ2v) is 5.37. The average Bonchev–Trinajstić information content (AvgIpc) is 2.85. The summed E-state index contributed by atoms with van der Waals surface area (Å²) in [7, 11) is 3.55. The number of nitrogens with one attached hydrogen (secondary N) is 1. The second-order valence-electron chi connectivity index (χ2n) is 4.37. The van der Waals surface area contributed by atoms with Crippen LogP contribution in [0.1, 0.15) is 19.0 Å². The predicted octanol–water partition coefficient (Wildman–Crippen LogP) is 3.96. The van der Waals surface area contributed by atoms with Crippen molar-refractivity contribution in [1.82, 2.24) is 4.98 Å². The molecule has 0 aliphatic carbocycles. The first-order valence-electron chi connectivity index (χ1n) is 6.66. The molecule has 5 heteroatoms. The van der Waals surface area contributed by atoms with Gasteiger partial charge >= 0.3 is 0 Å². The van der Waals surface area contributed by atoms with Gasteiger partial charge in [-0.3, -0.25) is 0 Å². The minimum atomic E-state index is 0.684. The Morgan fingerprint density at radius 1 is 1.35 bits per heavy atom. The number of anilines is 1. The number of rotatable bonds is 6. The highest BCUT2D eigenvalue weighted by atomic mass is 32.1. The molecule has 0 fully saturated rings. The molecule has 0 amide bonds. The van der Waals surface area contributed by atoms with Crippen LogP contribution in [-0.2, 0) is 0 Å². The highest BCUT2D eigenvalue weighted by molar-refractivity contribution is 7.19. The lowest BCUT2D eigenvalue weighted by molar-refractivity contribution is 0.295. The summed E-state index contributed by atoms with van der Waals surface area (Å²) in [6.45, 7) is 4.78. The number of benzene rings is 1. The van der Waals surface area contributed by atoms with E-state index >= 15 is 0 Å². The summed E-state index contributed by atoms with van der Waals surface area (Å²) in [5, 5.41) is 3.98. The van der Waals surface area contributed by atoms with Crippen LogP contribution in [0.2, 0.25) is 0 Å². The molecule has 1 N–H and O–H groups in total. The maximum absolute atomic E-state index is 5.76. The topological polar surface area (TPSA) is 43.4 Å². The van der Waals surface area contributed by atoms with Crippen molar-refractivity contribution in [2.24, 2.45) is 0 Å². The van der Waals surface area contributed by atoms with Gasteiger partial charge in [-0.05, 0) is 25.5 Å². The third-order valence-corrected chi connectivity index (χ3v) is 4.11. The molecule has 1 aromatic heterocycles. The van der Waals surface area contributed by atoms with E-state index in [1.54, 1.807) is 18.4 Å². The second kappa shape index (κ2) is 6.61. The summed E-state index contributed by atoms with van der Waals surface area (Å²) in [6, 6.07) is 5.96. The van der Waals surface area contributed by atoms with Gasteiger partial charge in [0, 0.05) is 12.6 Å². The van der Waals surface area contributed by atoms with Crippen LogP contribution < -0.4 is 14.8 Å². The van der Waals surface area contributed by atoms with Gasteiger partial charge < -0.3 is 14.8 Å². The monoisotopic (exact) mass is 292 g/mol. The molecule has 0 aliphatic rings. The van der Waals surface area contributed by atoms with Crippen LogP contribution in [0.25, 0.3) is 10.4 Å². The van der Waals surface area contributed by atoms with E-state index in [-0.39, 0.29) is 0 Å². The van der Waals surface area contributed by atoms with Crippen molar-refractivity contribution < 1.29 is 9.47 Å². The van der Waals surface area contributed by atoms with Crippen LogP contribution >= 0.6 is 11.3 Å². The van der Waals surface area contributed by atoms with Crippen molar-refractivity contribution >= 4 is 16.5 Å². The fourth-order valence-corrected chi connectivity index (χ4v) is 2.93. The molecule has 0 aliphatic heterocycles. The predicted molar refractivity (Wildman–Crippen MR) is 84.2 cm³/mol. The van der Waals surface area contributed by atoms with Crippen LogP contribution in [0.4, 0.5) is 5.13 Å². The zero-order chi connectivity index (χ0) is 14.5. The largest absolute Gasteiger partial charge is 0.492 e. The van der Waals surface area contributed by atoms with Gasteiger partial charge in [0.05, 0.1) is 24.3 Å². The van der Waals surface area contributed by atoms with Gasteiger partial charge in [-0.25, -0.2) is 4.98 Å². The summed E-state index contributed by atoms with van der Waals surface area (Å²) in [5.41, 5.74) is 2.02. The van der Waals surface area contributed by atoms with Gasteiger partial charge in [0.25, 0.3) is 0 Å². The van der Waals surface area contributed by atoms with Crippen LogP contribution in [-0.4, -0.2) is 25.7 Å². The lowest BCUT2D eigenvalue weighted by atomic mass is 10.1. The fourth-order valence-electron chi connectivity index (χ4n) is 1.98. The van der Waals surface area contributed by atoms with Crippen LogP contribution in [0.3, 0.4) is 0 Å². The zero-order valence-corrected chi connectivity index (χ0v) is 13.1. The Morgan fingerprint density at radius 2 is 2.15 bits per heavy atom. The molecule has 0 unspecified atom stereocenters. The smallest absolute Gasteiger partial charge is 0.183 e. The summed E-state index contributed by atoms with van der Waals surface area (Å²) in [5.74, 6) is 1.56. The number of ether oxygens (including phenoxy) is 2. The molecule has 1 aromatic carbocycles. The van der Waals surface area contributed by atoms with Crippen LogP contribution in [0.15, 0.2) is 18.2 Å². The van der Waals surface area contributed by atoms with Crippen LogP contribution in [0, 0.1) is 6.92 Å². The molecule has 0 spiro atoms. The third kappa shape index (κ3) is 2.88. The molecule has 0 saturated heterocycles. The number of hydrogen-bond donors (Lipinski definition) is 1. The first kappa shape index (κ1) is 14.7. The van der Waals surface area contributed by atoms with Crippen molar-refractivity contribution in [1.29, 1.82) is 0 Å². The van der Waals surface area contributed by atoms with E-state index in [0.717, 1.165) is 39.2 Å². The maximum atomic E-state index is 5.76. The van der Waals surface area contributed by atoms with Crippen molar-refractivity contribution in [3.8, 4) is 21.9 Å². The minimum Gasteiger partial charge on any atom is -0.492 e. The first-order valence-corrected chi connectivity index (χ1v) is 7.48. The molecular formula is C15H20N2O2S. The van der Waals surface area contributed by atoms with Crippen molar-refractivity contribution in [3.05, 3.63) is 23.9 Å². The summed E-state index contributed by atoms with van der Waals surface area (Å²) >= 11 is 1.62. The molecule has 1 heterocycles. The summed E-state index contributed by atoms with van der Waals surface area (Å²) in [4.78, 5) is 5.59. The highest BCUT2D eigenvalue weighted by Crippen LogP contribution is 2.42. The standard InChI is InChI=1S/C15H20N2O2S/c1-5-9-19-12-8-6-7-11(13(12)18-4)14-10(2)17-15(16-3)20-14/h6-8H,5,9H2,1-4H3,(H,16,17). The average molecular weight is 292 g/mol. The Morgan fingerprint density at radius 3 is 2.75 bits per heavy atom. The summed E-state index contributed by atoms with van der Waals surface area (Å²) < 4.78 is 11.3. The zero-order valence-electron chi connectivity index (χ0n) is 12.3. The van der Waals surface area contributed by atoms with Gasteiger partial charge in [0.15, 0.2) is 16.6 Å². The number of nitrogens with zero attached hydrogens (tertiary/aromatic N) is 1. The number of methoxy groups -OCH3 is 1.